The molecular formula is C22H16N4O2. The lowest BCUT2D eigenvalue weighted by molar-refractivity contribution is 0.480. The number of benzene rings is 1. The van der Waals surface area contributed by atoms with Crippen LogP contribution < -0.4 is 0 Å². The van der Waals surface area contributed by atoms with Crippen molar-refractivity contribution in [1.29, 1.82) is 0 Å². The van der Waals surface area contributed by atoms with Gasteiger partial charge in [0.1, 0.15) is 22.5 Å². The molecular weight excluding hydrogens is 352 g/mol. The van der Waals surface area contributed by atoms with Crippen LogP contribution in [0.3, 0.4) is 0 Å². The van der Waals surface area contributed by atoms with E-state index in [0.717, 1.165) is 11.4 Å². The van der Waals surface area contributed by atoms with Gasteiger partial charge in [-0.2, -0.15) is 0 Å². The minimum atomic E-state index is 0.164. The summed E-state index contributed by atoms with van der Waals surface area (Å²) in [4.78, 5) is 16.7. The van der Waals surface area contributed by atoms with Crippen LogP contribution >= 0.6 is 0 Å². The van der Waals surface area contributed by atoms with Crippen LogP contribution in [0.25, 0.3) is 33.2 Å². The quantitative estimate of drug-likeness (QED) is 0.428. The van der Waals surface area contributed by atoms with E-state index < -0.39 is 0 Å². The zero-order valence-electron chi connectivity index (χ0n) is 14.8. The van der Waals surface area contributed by atoms with Crippen molar-refractivity contribution < 1.29 is 10.2 Å². The number of pyridine rings is 4. The van der Waals surface area contributed by atoms with Gasteiger partial charge in [-0.25, -0.2) is 0 Å². The minimum absolute atomic E-state index is 0.164. The molecule has 4 aromatic heterocycles. The molecule has 28 heavy (non-hydrogen) atoms. The topological polar surface area (TPSA) is 92.0 Å². The highest BCUT2D eigenvalue weighted by Gasteiger charge is 2.08. The summed E-state index contributed by atoms with van der Waals surface area (Å²) < 4.78 is 0. The Bertz CT molecular complexity index is 1130. The molecule has 0 aliphatic carbocycles. The van der Waals surface area contributed by atoms with E-state index in [-0.39, 0.29) is 11.5 Å². The standard InChI is InChI=1S/C12H8N2O2.C10H8N2/c15-9-3-5-13-11-7(9)1-2-8-10(16)4-6-14-12(8)11;1-3-7-11-9(5-1)10-6-2-4-8-12-10/h1-6H,(H,13,15)(H,14,16);1-8H. The average Bonchev–Trinajstić information content (AvgIpc) is 2.76. The molecule has 6 nitrogen and oxygen atoms in total. The van der Waals surface area contributed by atoms with Crippen molar-refractivity contribution in [1.82, 2.24) is 19.9 Å². The highest BCUT2D eigenvalue weighted by Crippen LogP contribution is 2.31. The predicted molar refractivity (Wildman–Crippen MR) is 108 cm³/mol. The number of aromatic hydroxyl groups is 2. The van der Waals surface area contributed by atoms with Gasteiger partial charge in [0.05, 0.1) is 11.4 Å². The number of hydrogen-bond acceptors (Lipinski definition) is 6. The van der Waals surface area contributed by atoms with Crippen LogP contribution in [-0.2, 0) is 0 Å². The number of hydrogen-bond donors (Lipinski definition) is 2. The van der Waals surface area contributed by atoms with Crippen molar-refractivity contribution in [2.24, 2.45) is 0 Å². The Morgan fingerprint density at radius 2 is 0.929 bits per heavy atom. The summed E-state index contributed by atoms with van der Waals surface area (Å²) in [5.41, 5.74) is 3.01. The lowest BCUT2D eigenvalue weighted by Crippen LogP contribution is -1.85. The van der Waals surface area contributed by atoms with Crippen molar-refractivity contribution in [3.63, 3.8) is 0 Å². The fraction of sp³-hybridized carbons (Fsp3) is 0. The van der Waals surface area contributed by atoms with Crippen molar-refractivity contribution in [3.8, 4) is 22.9 Å². The Morgan fingerprint density at radius 1 is 0.464 bits per heavy atom. The molecule has 0 unspecified atom stereocenters. The molecule has 0 atom stereocenters. The molecule has 0 radical (unpaired) electrons. The van der Waals surface area contributed by atoms with Crippen LogP contribution in [0.15, 0.2) is 85.5 Å². The van der Waals surface area contributed by atoms with Gasteiger partial charge in [-0.05, 0) is 48.5 Å². The lowest BCUT2D eigenvalue weighted by atomic mass is 10.1. The molecule has 0 aliphatic heterocycles. The first-order valence-corrected chi connectivity index (χ1v) is 8.61. The highest BCUT2D eigenvalue weighted by atomic mass is 16.3. The molecule has 5 rings (SSSR count). The maximum atomic E-state index is 9.67. The van der Waals surface area contributed by atoms with Gasteiger partial charge in [0, 0.05) is 35.6 Å². The van der Waals surface area contributed by atoms with Crippen molar-refractivity contribution >= 4 is 21.8 Å². The predicted octanol–water partition coefficient (Wildman–Crippen LogP) is 4.34. The molecule has 0 amide bonds. The van der Waals surface area contributed by atoms with Gasteiger partial charge in [-0.15, -0.1) is 0 Å². The fourth-order valence-electron chi connectivity index (χ4n) is 2.83. The molecule has 6 heteroatoms. The Kier molecular flexibility index (Phi) is 4.76. The van der Waals surface area contributed by atoms with E-state index in [9.17, 15) is 10.2 Å². The van der Waals surface area contributed by atoms with Crippen LogP contribution in [0, 0.1) is 0 Å². The molecule has 0 bridgehead atoms. The van der Waals surface area contributed by atoms with E-state index in [2.05, 4.69) is 19.9 Å². The number of rotatable bonds is 1. The Balaban J connectivity index is 0.000000143. The maximum Gasteiger partial charge on any atom is 0.126 e. The van der Waals surface area contributed by atoms with E-state index in [0.29, 0.717) is 21.8 Å². The van der Waals surface area contributed by atoms with E-state index >= 15 is 0 Å². The number of aromatic nitrogens is 4. The average molecular weight is 368 g/mol. The van der Waals surface area contributed by atoms with Gasteiger partial charge < -0.3 is 10.2 Å². The van der Waals surface area contributed by atoms with Gasteiger partial charge in [0.2, 0.25) is 0 Å². The molecule has 0 saturated heterocycles. The SMILES string of the molecule is Oc1ccnc2c1ccc1c(O)ccnc12.c1ccc(-c2ccccn2)nc1. The summed E-state index contributed by atoms with van der Waals surface area (Å²) in [5, 5.41) is 20.6. The third-order valence-electron chi connectivity index (χ3n) is 4.17. The first kappa shape index (κ1) is 17.4. The van der Waals surface area contributed by atoms with Gasteiger partial charge in [-0.3, -0.25) is 19.9 Å². The van der Waals surface area contributed by atoms with Gasteiger partial charge >= 0.3 is 0 Å². The normalized spacial score (nSPS) is 10.4. The lowest BCUT2D eigenvalue weighted by Gasteiger charge is -2.04. The summed E-state index contributed by atoms with van der Waals surface area (Å²) in [6, 6.07) is 18.1. The molecule has 1 aromatic carbocycles. The second-order valence-electron chi connectivity index (χ2n) is 5.95. The van der Waals surface area contributed by atoms with Gasteiger partial charge in [0.15, 0.2) is 0 Å². The largest absolute Gasteiger partial charge is 0.507 e. The number of nitrogens with zero attached hydrogens (tertiary/aromatic N) is 4. The summed E-state index contributed by atoms with van der Waals surface area (Å²) in [7, 11) is 0. The summed E-state index contributed by atoms with van der Waals surface area (Å²) in [6.07, 6.45) is 6.57. The monoisotopic (exact) mass is 368 g/mol. The second-order valence-corrected chi connectivity index (χ2v) is 5.95. The van der Waals surface area contributed by atoms with E-state index in [1.165, 1.54) is 24.5 Å². The highest BCUT2D eigenvalue weighted by molar-refractivity contribution is 6.06. The van der Waals surface area contributed by atoms with Crippen molar-refractivity contribution in [2.75, 3.05) is 0 Å². The van der Waals surface area contributed by atoms with Crippen LogP contribution in [-0.4, -0.2) is 30.1 Å². The van der Waals surface area contributed by atoms with Crippen LogP contribution in [0.1, 0.15) is 0 Å². The molecule has 5 aromatic rings. The van der Waals surface area contributed by atoms with Crippen LogP contribution in [0.2, 0.25) is 0 Å². The van der Waals surface area contributed by atoms with E-state index in [4.69, 9.17) is 0 Å². The second kappa shape index (κ2) is 7.67. The first-order valence-electron chi connectivity index (χ1n) is 8.61. The summed E-state index contributed by atoms with van der Waals surface area (Å²) in [5.74, 6) is 0.328. The zero-order valence-corrected chi connectivity index (χ0v) is 14.8. The Labute approximate surface area is 160 Å². The third-order valence-corrected chi connectivity index (χ3v) is 4.17. The molecule has 4 heterocycles. The molecule has 136 valence electrons. The molecule has 0 saturated carbocycles. The van der Waals surface area contributed by atoms with Crippen molar-refractivity contribution in [2.45, 2.75) is 0 Å². The maximum absolute atomic E-state index is 9.67. The molecule has 0 fully saturated rings. The van der Waals surface area contributed by atoms with E-state index in [1.807, 2.05) is 36.4 Å². The third kappa shape index (κ3) is 3.43. The summed E-state index contributed by atoms with van der Waals surface area (Å²) >= 11 is 0. The fourth-order valence-corrected chi connectivity index (χ4v) is 2.83. The molecule has 0 aliphatic rings. The molecule has 2 N–H and O–H groups in total. The zero-order chi connectivity index (χ0) is 19.3. The van der Waals surface area contributed by atoms with Gasteiger partial charge in [0.25, 0.3) is 0 Å². The smallest absolute Gasteiger partial charge is 0.126 e. The van der Waals surface area contributed by atoms with E-state index in [1.54, 1.807) is 24.5 Å². The van der Waals surface area contributed by atoms with Gasteiger partial charge in [-0.1, -0.05) is 12.1 Å². The molecule has 0 spiro atoms. The first-order chi connectivity index (χ1) is 13.7. The van der Waals surface area contributed by atoms with Crippen LogP contribution in [0.4, 0.5) is 0 Å². The van der Waals surface area contributed by atoms with Crippen LogP contribution in [0.5, 0.6) is 11.5 Å². The minimum Gasteiger partial charge on any atom is -0.507 e. The Hall–Kier alpha value is -4.06. The Morgan fingerprint density at radius 3 is 1.32 bits per heavy atom. The number of fused-ring (bicyclic) bond motifs is 3. The summed E-state index contributed by atoms with van der Waals surface area (Å²) in [6.45, 7) is 0. The van der Waals surface area contributed by atoms with Crippen molar-refractivity contribution in [3.05, 3.63) is 85.5 Å².